The number of nitrogens with zero attached hydrogens (tertiary/aromatic N) is 1. The summed E-state index contributed by atoms with van der Waals surface area (Å²) in [6, 6.07) is 6.53. The van der Waals surface area contributed by atoms with Crippen LogP contribution in [0.3, 0.4) is 0 Å². The lowest BCUT2D eigenvalue weighted by molar-refractivity contribution is 0.416. The summed E-state index contributed by atoms with van der Waals surface area (Å²) in [7, 11) is -2.03. The molecule has 0 bridgehead atoms. The normalized spacial score (nSPS) is 11.7. The number of anilines is 1. The summed E-state index contributed by atoms with van der Waals surface area (Å²) < 4.78 is 31.6. The average Bonchev–Trinajstić information content (AvgIpc) is 2.25. The van der Waals surface area contributed by atoms with Gasteiger partial charge in [-0.3, -0.25) is 4.72 Å². The average molecular weight is 282 g/mol. The van der Waals surface area contributed by atoms with Gasteiger partial charge in [0.2, 0.25) is 10.0 Å². The van der Waals surface area contributed by atoms with Gasteiger partial charge < -0.3 is 4.74 Å². The number of nitriles is 1. The first-order chi connectivity index (χ1) is 8.67. The van der Waals surface area contributed by atoms with Crippen molar-refractivity contribution in [2.24, 2.45) is 5.41 Å². The quantitative estimate of drug-likeness (QED) is 0.919. The molecule has 0 aromatic heterocycles. The molecule has 0 heterocycles. The van der Waals surface area contributed by atoms with Crippen LogP contribution < -0.4 is 9.46 Å². The molecule has 0 saturated heterocycles. The molecule has 0 amide bonds. The predicted molar refractivity (Wildman–Crippen MR) is 74.6 cm³/mol. The largest absolute Gasteiger partial charge is 0.495 e. The molecule has 0 radical (unpaired) electrons. The third-order valence-electron chi connectivity index (χ3n) is 2.22. The van der Waals surface area contributed by atoms with E-state index < -0.39 is 10.0 Å². The van der Waals surface area contributed by atoms with Crippen LogP contribution in [-0.2, 0) is 10.0 Å². The highest BCUT2D eigenvalue weighted by Gasteiger charge is 2.22. The molecule has 1 rings (SSSR count). The highest BCUT2D eigenvalue weighted by molar-refractivity contribution is 7.92. The van der Waals surface area contributed by atoms with E-state index in [1.54, 1.807) is 0 Å². The molecule has 0 aliphatic heterocycles. The van der Waals surface area contributed by atoms with Crippen molar-refractivity contribution in [1.82, 2.24) is 0 Å². The minimum absolute atomic E-state index is 0.00313. The molecule has 6 heteroatoms. The summed E-state index contributed by atoms with van der Waals surface area (Å²) in [5, 5.41) is 8.79. The molecule has 0 atom stereocenters. The Morgan fingerprint density at radius 2 is 2.00 bits per heavy atom. The van der Waals surface area contributed by atoms with E-state index in [4.69, 9.17) is 10.00 Å². The standard InChI is InChI=1S/C13H18N2O3S/c1-13(2,3)9-19(16,17)15-11-6-5-10(8-14)7-12(11)18-4/h5-7,15H,9H2,1-4H3. The van der Waals surface area contributed by atoms with E-state index in [-0.39, 0.29) is 11.2 Å². The van der Waals surface area contributed by atoms with Gasteiger partial charge in [-0.15, -0.1) is 0 Å². The minimum atomic E-state index is -3.46. The third kappa shape index (κ3) is 4.79. The Morgan fingerprint density at radius 3 is 2.47 bits per heavy atom. The van der Waals surface area contributed by atoms with E-state index >= 15 is 0 Å². The van der Waals surface area contributed by atoms with Gasteiger partial charge in [-0.1, -0.05) is 20.8 Å². The molecule has 0 spiro atoms. The molecule has 0 saturated carbocycles. The van der Waals surface area contributed by atoms with Gasteiger partial charge in [0.05, 0.1) is 30.2 Å². The van der Waals surface area contributed by atoms with Crippen LogP contribution in [0.1, 0.15) is 26.3 Å². The van der Waals surface area contributed by atoms with Gasteiger partial charge in [0.1, 0.15) is 5.75 Å². The second-order valence-corrected chi connectivity index (χ2v) is 7.17. The molecule has 19 heavy (non-hydrogen) atoms. The zero-order chi connectivity index (χ0) is 14.7. The molecule has 0 fully saturated rings. The maximum atomic E-state index is 12.0. The Morgan fingerprint density at radius 1 is 1.37 bits per heavy atom. The van der Waals surface area contributed by atoms with Gasteiger partial charge >= 0.3 is 0 Å². The van der Waals surface area contributed by atoms with Gasteiger partial charge in [0, 0.05) is 6.07 Å². The van der Waals surface area contributed by atoms with Crippen LogP contribution in [0, 0.1) is 16.7 Å². The topological polar surface area (TPSA) is 79.2 Å². The third-order valence-corrected chi connectivity index (χ3v) is 4.00. The lowest BCUT2D eigenvalue weighted by atomic mass is 10.0. The van der Waals surface area contributed by atoms with Gasteiger partial charge in [0.25, 0.3) is 0 Å². The van der Waals surface area contributed by atoms with Gasteiger partial charge in [-0.25, -0.2) is 8.42 Å². The van der Waals surface area contributed by atoms with Crippen molar-refractivity contribution in [3.05, 3.63) is 23.8 Å². The molecule has 0 aliphatic rings. The monoisotopic (exact) mass is 282 g/mol. The summed E-state index contributed by atoms with van der Waals surface area (Å²) in [6.45, 7) is 5.55. The van der Waals surface area contributed by atoms with Crippen LogP contribution in [0.25, 0.3) is 0 Å². The molecule has 0 aliphatic carbocycles. The van der Waals surface area contributed by atoms with Crippen LogP contribution in [0.15, 0.2) is 18.2 Å². The van der Waals surface area contributed by atoms with Crippen LogP contribution in [0.4, 0.5) is 5.69 Å². The number of ether oxygens (including phenoxy) is 1. The summed E-state index contributed by atoms with van der Waals surface area (Å²) in [5.74, 6) is 0.333. The van der Waals surface area contributed by atoms with Crippen molar-refractivity contribution in [1.29, 1.82) is 5.26 Å². The van der Waals surface area contributed by atoms with Crippen molar-refractivity contribution in [3.8, 4) is 11.8 Å². The Labute approximate surface area is 114 Å². The Bertz CT molecular complexity index is 595. The lowest BCUT2D eigenvalue weighted by Crippen LogP contribution is -2.26. The van der Waals surface area contributed by atoms with Gasteiger partial charge in [-0.2, -0.15) is 5.26 Å². The fraction of sp³-hybridized carbons (Fsp3) is 0.462. The number of methoxy groups -OCH3 is 1. The van der Waals surface area contributed by atoms with Crippen molar-refractivity contribution in [2.75, 3.05) is 17.6 Å². The number of hydrogen-bond donors (Lipinski definition) is 1. The fourth-order valence-corrected chi connectivity index (χ4v) is 3.33. The van der Waals surface area contributed by atoms with E-state index in [0.29, 0.717) is 17.0 Å². The Balaban J connectivity index is 3.03. The van der Waals surface area contributed by atoms with Crippen LogP contribution >= 0.6 is 0 Å². The maximum absolute atomic E-state index is 12.0. The first-order valence-corrected chi connectivity index (χ1v) is 7.41. The highest BCUT2D eigenvalue weighted by Crippen LogP contribution is 2.27. The van der Waals surface area contributed by atoms with E-state index in [1.165, 1.54) is 25.3 Å². The Hall–Kier alpha value is -1.74. The van der Waals surface area contributed by atoms with Gasteiger partial charge in [-0.05, 0) is 17.5 Å². The molecular formula is C13H18N2O3S. The first kappa shape index (κ1) is 15.3. The minimum Gasteiger partial charge on any atom is -0.495 e. The Kier molecular flexibility index (Phi) is 4.43. The number of hydrogen-bond acceptors (Lipinski definition) is 4. The first-order valence-electron chi connectivity index (χ1n) is 5.75. The number of sulfonamides is 1. The van der Waals surface area contributed by atoms with Crippen molar-refractivity contribution in [2.45, 2.75) is 20.8 Å². The van der Waals surface area contributed by atoms with Crippen molar-refractivity contribution < 1.29 is 13.2 Å². The lowest BCUT2D eigenvalue weighted by Gasteiger charge is -2.19. The van der Waals surface area contributed by atoms with E-state index in [9.17, 15) is 8.42 Å². The number of benzene rings is 1. The fourth-order valence-electron chi connectivity index (χ4n) is 1.62. The maximum Gasteiger partial charge on any atom is 0.233 e. The highest BCUT2D eigenvalue weighted by atomic mass is 32.2. The molecule has 104 valence electrons. The number of nitrogens with one attached hydrogen (secondary N) is 1. The van der Waals surface area contributed by atoms with Gasteiger partial charge in [0.15, 0.2) is 0 Å². The van der Waals surface area contributed by atoms with Crippen molar-refractivity contribution in [3.63, 3.8) is 0 Å². The summed E-state index contributed by atoms with van der Waals surface area (Å²) >= 11 is 0. The van der Waals surface area contributed by atoms with Crippen molar-refractivity contribution >= 4 is 15.7 Å². The van der Waals surface area contributed by atoms with E-state index in [2.05, 4.69) is 4.72 Å². The molecule has 1 aromatic rings. The SMILES string of the molecule is COc1cc(C#N)ccc1NS(=O)(=O)CC(C)(C)C. The summed E-state index contributed by atoms with van der Waals surface area (Å²) in [4.78, 5) is 0. The predicted octanol–water partition coefficient (Wildman–Crippen LogP) is 2.35. The zero-order valence-corrected chi connectivity index (χ0v) is 12.3. The molecule has 0 unspecified atom stereocenters. The zero-order valence-electron chi connectivity index (χ0n) is 11.5. The van der Waals surface area contributed by atoms with E-state index in [0.717, 1.165) is 0 Å². The molecule has 1 aromatic carbocycles. The summed E-state index contributed by atoms with van der Waals surface area (Å²) in [5.41, 5.74) is 0.410. The summed E-state index contributed by atoms with van der Waals surface area (Å²) in [6.07, 6.45) is 0. The second-order valence-electron chi connectivity index (χ2n) is 5.45. The second kappa shape index (κ2) is 5.49. The van der Waals surface area contributed by atoms with Crippen LogP contribution in [-0.4, -0.2) is 21.3 Å². The van der Waals surface area contributed by atoms with Crippen LogP contribution in [0.2, 0.25) is 0 Å². The van der Waals surface area contributed by atoms with Crippen LogP contribution in [0.5, 0.6) is 5.75 Å². The number of rotatable bonds is 4. The smallest absolute Gasteiger partial charge is 0.233 e. The molecule has 5 nitrogen and oxygen atoms in total. The van der Waals surface area contributed by atoms with E-state index in [1.807, 2.05) is 26.8 Å². The molecule has 1 N–H and O–H groups in total. The molecular weight excluding hydrogens is 264 g/mol.